The Morgan fingerprint density at radius 3 is 2.59 bits per heavy atom. The lowest BCUT2D eigenvalue weighted by atomic mass is 10.1. The summed E-state index contributed by atoms with van der Waals surface area (Å²) in [7, 11) is 0. The summed E-state index contributed by atoms with van der Waals surface area (Å²) in [4.78, 5) is 11.0. The summed E-state index contributed by atoms with van der Waals surface area (Å²) >= 11 is 2.22. The molecule has 0 saturated carbocycles. The van der Waals surface area contributed by atoms with Crippen LogP contribution in [0, 0.1) is 3.57 Å². The van der Waals surface area contributed by atoms with Crippen molar-refractivity contribution in [3.63, 3.8) is 0 Å². The van der Waals surface area contributed by atoms with Gasteiger partial charge in [-0.05, 0) is 46.7 Å². The van der Waals surface area contributed by atoms with Crippen molar-refractivity contribution in [1.82, 2.24) is 0 Å². The van der Waals surface area contributed by atoms with Crippen LogP contribution in [0.1, 0.15) is 25.3 Å². The average Bonchev–Trinajstić information content (AvgIpc) is 2.30. The molecular weight excluding hydrogens is 331 g/mol. The molecule has 0 amide bonds. The zero-order valence-corrected chi connectivity index (χ0v) is 12.0. The van der Waals surface area contributed by atoms with Gasteiger partial charge in [0.25, 0.3) is 0 Å². The van der Waals surface area contributed by atoms with Crippen molar-refractivity contribution in [3.05, 3.63) is 33.4 Å². The number of unbranched alkanes of at least 4 members (excludes halogenated alkanes) is 1. The number of hydrogen-bond donors (Lipinski definition) is 1. The summed E-state index contributed by atoms with van der Waals surface area (Å²) in [6.07, 6.45) is 1.60. The smallest absolute Gasteiger partial charge is 0.333 e. The van der Waals surface area contributed by atoms with E-state index in [4.69, 9.17) is 9.84 Å². The van der Waals surface area contributed by atoms with Gasteiger partial charge in [-0.3, -0.25) is 0 Å². The first-order valence-corrected chi connectivity index (χ1v) is 6.80. The maximum absolute atomic E-state index is 11.0. The molecule has 1 aromatic carbocycles. The molecule has 94 valence electrons. The maximum atomic E-state index is 11.0. The van der Waals surface area contributed by atoms with Crippen molar-refractivity contribution < 1.29 is 14.6 Å². The van der Waals surface area contributed by atoms with Crippen LogP contribution in [-0.4, -0.2) is 23.8 Å². The molecule has 0 aromatic heterocycles. The summed E-state index contributed by atoms with van der Waals surface area (Å²) in [5.74, 6) is -0.889. The summed E-state index contributed by atoms with van der Waals surface area (Å²) < 4.78 is 6.52. The molecule has 0 radical (unpaired) electrons. The molecule has 0 saturated heterocycles. The molecule has 0 heterocycles. The number of aliphatic carboxylic acids is 1. The Hall–Kier alpha value is -0.620. The Morgan fingerprint density at radius 2 is 2.06 bits per heavy atom. The van der Waals surface area contributed by atoms with Crippen molar-refractivity contribution in [2.45, 2.75) is 32.3 Å². The van der Waals surface area contributed by atoms with Crippen molar-refractivity contribution in [2.75, 3.05) is 6.61 Å². The fourth-order valence-corrected chi connectivity index (χ4v) is 1.78. The van der Waals surface area contributed by atoms with Crippen LogP contribution in [0.5, 0.6) is 0 Å². The van der Waals surface area contributed by atoms with E-state index in [2.05, 4.69) is 29.5 Å². The third kappa shape index (κ3) is 5.50. The predicted octanol–water partition coefficient (Wildman–Crippen LogP) is 3.10. The number of ether oxygens (including phenoxy) is 1. The molecule has 1 atom stereocenters. The van der Waals surface area contributed by atoms with Crippen LogP contribution in [0.15, 0.2) is 24.3 Å². The van der Waals surface area contributed by atoms with Gasteiger partial charge >= 0.3 is 5.97 Å². The Kier molecular flexibility index (Phi) is 6.50. The summed E-state index contributed by atoms with van der Waals surface area (Å²) in [6, 6.07) is 7.84. The van der Waals surface area contributed by atoms with Gasteiger partial charge in [0.1, 0.15) is 0 Å². The molecule has 17 heavy (non-hydrogen) atoms. The quantitative estimate of drug-likeness (QED) is 0.608. The van der Waals surface area contributed by atoms with E-state index in [1.54, 1.807) is 0 Å². The number of carbonyl (C=O) groups is 1. The van der Waals surface area contributed by atoms with Crippen molar-refractivity contribution in [3.8, 4) is 0 Å². The van der Waals surface area contributed by atoms with Gasteiger partial charge in [-0.25, -0.2) is 4.79 Å². The van der Waals surface area contributed by atoms with Gasteiger partial charge in [0.15, 0.2) is 6.10 Å². The second-order valence-electron chi connectivity index (χ2n) is 3.88. The van der Waals surface area contributed by atoms with Crippen LogP contribution in [0.2, 0.25) is 0 Å². The number of rotatable bonds is 7. The van der Waals surface area contributed by atoms with E-state index >= 15 is 0 Å². The zero-order chi connectivity index (χ0) is 12.7. The van der Waals surface area contributed by atoms with Gasteiger partial charge in [-0.15, -0.1) is 0 Å². The van der Waals surface area contributed by atoms with E-state index in [0.29, 0.717) is 13.0 Å². The Morgan fingerprint density at radius 1 is 1.41 bits per heavy atom. The molecule has 1 aromatic rings. The van der Waals surface area contributed by atoms with Crippen molar-refractivity contribution in [2.24, 2.45) is 0 Å². The summed E-state index contributed by atoms with van der Waals surface area (Å²) in [5.41, 5.74) is 0.995. The van der Waals surface area contributed by atoms with Crippen LogP contribution in [-0.2, 0) is 16.0 Å². The first kappa shape index (κ1) is 14.4. The van der Waals surface area contributed by atoms with E-state index in [9.17, 15) is 4.79 Å². The number of hydrogen-bond acceptors (Lipinski definition) is 2. The second-order valence-corrected chi connectivity index (χ2v) is 5.13. The monoisotopic (exact) mass is 348 g/mol. The molecule has 3 nitrogen and oxygen atoms in total. The van der Waals surface area contributed by atoms with Crippen LogP contribution in [0.25, 0.3) is 0 Å². The third-order valence-electron chi connectivity index (χ3n) is 2.43. The average molecular weight is 348 g/mol. The highest BCUT2D eigenvalue weighted by Gasteiger charge is 2.18. The Balaban J connectivity index is 2.54. The minimum Gasteiger partial charge on any atom is -0.479 e. The topological polar surface area (TPSA) is 46.5 Å². The SMILES string of the molecule is CCCCO[C@@H](Cc1ccc(I)cc1)C(=O)O. The van der Waals surface area contributed by atoms with Crippen LogP contribution < -0.4 is 0 Å². The minimum atomic E-state index is -0.889. The number of halogens is 1. The molecule has 1 rings (SSSR count). The van der Waals surface area contributed by atoms with E-state index in [1.165, 1.54) is 0 Å². The molecule has 0 aliphatic heterocycles. The number of carboxylic acid groups (broad SMARTS) is 1. The third-order valence-corrected chi connectivity index (χ3v) is 3.15. The lowest BCUT2D eigenvalue weighted by Crippen LogP contribution is -2.26. The zero-order valence-electron chi connectivity index (χ0n) is 9.86. The first-order valence-electron chi connectivity index (χ1n) is 5.72. The highest BCUT2D eigenvalue weighted by molar-refractivity contribution is 14.1. The molecule has 1 N–H and O–H groups in total. The van der Waals surface area contributed by atoms with Gasteiger partial charge in [0, 0.05) is 16.6 Å². The Bertz CT molecular complexity index is 348. The summed E-state index contributed by atoms with van der Waals surface area (Å²) in [5, 5.41) is 9.06. The minimum absolute atomic E-state index is 0.427. The summed E-state index contributed by atoms with van der Waals surface area (Å²) in [6.45, 7) is 2.57. The molecule has 0 spiro atoms. The van der Waals surface area contributed by atoms with Gasteiger partial charge in [-0.2, -0.15) is 0 Å². The molecular formula is C13H17IO3. The van der Waals surface area contributed by atoms with E-state index < -0.39 is 12.1 Å². The predicted molar refractivity (Wildman–Crippen MR) is 75.1 cm³/mol. The molecule has 0 aliphatic rings. The highest BCUT2D eigenvalue weighted by atomic mass is 127. The number of carboxylic acids is 1. The molecule has 0 bridgehead atoms. The van der Waals surface area contributed by atoms with Gasteiger partial charge < -0.3 is 9.84 Å². The molecule has 0 aliphatic carbocycles. The van der Waals surface area contributed by atoms with E-state index in [-0.39, 0.29) is 0 Å². The lowest BCUT2D eigenvalue weighted by Gasteiger charge is -2.13. The van der Waals surface area contributed by atoms with Gasteiger partial charge in [-0.1, -0.05) is 25.5 Å². The van der Waals surface area contributed by atoms with Crippen LogP contribution >= 0.6 is 22.6 Å². The van der Waals surface area contributed by atoms with Crippen LogP contribution in [0.3, 0.4) is 0 Å². The molecule has 0 unspecified atom stereocenters. The van der Waals surface area contributed by atoms with Crippen molar-refractivity contribution >= 4 is 28.6 Å². The fraction of sp³-hybridized carbons (Fsp3) is 0.462. The lowest BCUT2D eigenvalue weighted by molar-refractivity contribution is -0.150. The van der Waals surface area contributed by atoms with E-state index in [0.717, 1.165) is 22.0 Å². The molecule has 0 fully saturated rings. The second kappa shape index (κ2) is 7.66. The molecule has 4 heteroatoms. The van der Waals surface area contributed by atoms with Crippen molar-refractivity contribution in [1.29, 1.82) is 0 Å². The first-order chi connectivity index (χ1) is 8.13. The van der Waals surface area contributed by atoms with Gasteiger partial charge in [0.2, 0.25) is 0 Å². The van der Waals surface area contributed by atoms with E-state index in [1.807, 2.05) is 24.3 Å². The largest absolute Gasteiger partial charge is 0.479 e. The standard InChI is InChI=1S/C13H17IO3/c1-2-3-8-17-12(13(15)16)9-10-4-6-11(14)7-5-10/h4-7,12H,2-3,8-9H2,1H3,(H,15,16)/t12-/m0/s1. The fourth-order valence-electron chi connectivity index (χ4n) is 1.42. The number of benzene rings is 1. The maximum Gasteiger partial charge on any atom is 0.333 e. The Labute approximate surface area is 115 Å². The normalized spacial score (nSPS) is 12.4. The van der Waals surface area contributed by atoms with Gasteiger partial charge in [0.05, 0.1) is 0 Å². The highest BCUT2D eigenvalue weighted by Crippen LogP contribution is 2.11. The van der Waals surface area contributed by atoms with Crippen LogP contribution in [0.4, 0.5) is 0 Å².